The van der Waals surface area contributed by atoms with Crippen molar-refractivity contribution in [3.05, 3.63) is 60.8 Å². The van der Waals surface area contributed by atoms with E-state index < -0.39 is 63.1 Å². The fourth-order valence-electron chi connectivity index (χ4n) is 6.52. The maximum atomic E-state index is 12.8. The summed E-state index contributed by atoms with van der Waals surface area (Å²) in [5.41, 5.74) is 0. The van der Waals surface area contributed by atoms with Crippen molar-refractivity contribution < 1.29 is 58.3 Å². The van der Waals surface area contributed by atoms with Gasteiger partial charge in [0.05, 0.1) is 13.2 Å². The van der Waals surface area contributed by atoms with Crippen molar-refractivity contribution >= 4 is 13.8 Å². The van der Waals surface area contributed by atoms with Crippen LogP contribution in [0.2, 0.25) is 0 Å². The molecular weight excluding hydrogens is 775 g/mol. The Morgan fingerprint density at radius 2 is 1.00 bits per heavy atom. The van der Waals surface area contributed by atoms with E-state index in [4.69, 9.17) is 18.5 Å². The molecule has 0 aliphatic heterocycles. The van der Waals surface area contributed by atoms with Crippen LogP contribution < -0.4 is 0 Å². The molecule has 0 aromatic heterocycles. The molecule has 0 spiro atoms. The van der Waals surface area contributed by atoms with Gasteiger partial charge in [-0.25, -0.2) is 4.57 Å². The van der Waals surface area contributed by atoms with Gasteiger partial charge in [-0.15, -0.1) is 0 Å². The number of hydrogen-bond donors (Lipinski definition) is 6. The number of hydrogen-bond acceptors (Lipinski definition) is 11. The molecule has 6 unspecified atom stereocenters. The van der Waals surface area contributed by atoms with Gasteiger partial charge >= 0.3 is 13.8 Å². The first kappa shape index (κ1) is 55.1. The molecule has 1 aliphatic carbocycles. The molecule has 12 nitrogen and oxygen atoms in total. The number of allylic oxidation sites excluding steroid dienone is 10. The minimum Gasteiger partial charge on any atom is -0.457 e. The Bertz CT molecular complexity index is 1200. The quantitative estimate of drug-likeness (QED) is 0.0151. The van der Waals surface area contributed by atoms with Crippen LogP contribution in [0.5, 0.6) is 0 Å². The highest BCUT2D eigenvalue weighted by atomic mass is 31.2. The molecule has 13 heteroatoms. The van der Waals surface area contributed by atoms with Crippen LogP contribution in [0.15, 0.2) is 60.8 Å². The molecular formula is C46H81O12P. The van der Waals surface area contributed by atoms with Gasteiger partial charge in [0.1, 0.15) is 42.7 Å². The van der Waals surface area contributed by atoms with Crippen LogP contribution in [-0.2, 0) is 27.9 Å². The van der Waals surface area contributed by atoms with E-state index in [1.165, 1.54) is 38.5 Å². The van der Waals surface area contributed by atoms with Crippen LogP contribution in [0, 0.1) is 0 Å². The number of ether oxygens (including phenoxy) is 2. The summed E-state index contributed by atoms with van der Waals surface area (Å²) in [4.78, 5) is 23.1. The Labute approximate surface area is 356 Å². The second kappa shape index (κ2) is 36.7. The van der Waals surface area contributed by atoms with E-state index in [-0.39, 0.29) is 13.0 Å². The lowest BCUT2D eigenvalue weighted by atomic mass is 9.85. The van der Waals surface area contributed by atoms with Crippen LogP contribution in [-0.4, -0.2) is 98.9 Å². The molecule has 1 aliphatic rings. The van der Waals surface area contributed by atoms with Crippen molar-refractivity contribution in [2.45, 2.75) is 204 Å². The first-order chi connectivity index (χ1) is 28.5. The topological polar surface area (TPSA) is 192 Å². The standard InChI is InChI=1S/C46H81O12P/c1-3-5-7-9-11-13-15-17-18-19-20-21-22-23-24-26-28-30-32-34-36-55-37-39(57-40(47)35-33-31-29-27-25-16-14-12-10-8-6-4-2)38-56-59(53,54)58-46-44(51)42(49)41(48)43(50)45(46)52/h5,7,11-14,17-18,20-21,39,41-46,48-52H,3-4,6,8-10,15-16,19,22-38H2,1-2H3,(H,53,54)/b7-5-,13-11-,14-12-,18-17-,21-20-. The number of aliphatic hydroxyl groups excluding tert-OH is 5. The second-order valence-electron chi connectivity index (χ2n) is 15.5. The van der Waals surface area contributed by atoms with Crippen LogP contribution >= 0.6 is 7.82 Å². The Balaban J connectivity index is 2.40. The van der Waals surface area contributed by atoms with E-state index in [0.717, 1.165) is 96.3 Å². The van der Waals surface area contributed by atoms with Crippen LogP contribution in [0.4, 0.5) is 0 Å². The minimum atomic E-state index is -5.02. The molecule has 0 heterocycles. The largest absolute Gasteiger partial charge is 0.472 e. The number of esters is 1. The van der Waals surface area contributed by atoms with Gasteiger partial charge in [0, 0.05) is 13.0 Å². The zero-order chi connectivity index (χ0) is 43.4. The van der Waals surface area contributed by atoms with Gasteiger partial charge in [-0.3, -0.25) is 13.8 Å². The van der Waals surface area contributed by atoms with Crippen molar-refractivity contribution in [2.75, 3.05) is 19.8 Å². The Kier molecular flexibility index (Phi) is 34.2. The van der Waals surface area contributed by atoms with E-state index in [1.807, 2.05) is 0 Å². The second-order valence-corrected chi connectivity index (χ2v) is 16.9. The lowest BCUT2D eigenvalue weighted by Gasteiger charge is -2.41. The van der Waals surface area contributed by atoms with E-state index in [1.54, 1.807) is 0 Å². The molecule has 0 saturated heterocycles. The molecule has 1 rings (SSSR count). The van der Waals surface area contributed by atoms with Gasteiger partial charge in [-0.2, -0.15) is 0 Å². The monoisotopic (exact) mass is 857 g/mol. The Morgan fingerprint density at radius 1 is 0.559 bits per heavy atom. The van der Waals surface area contributed by atoms with Gasteiger partial charge in [-0.1, -0.05) is 139 Å². The fourth-order valence-corrected chi connectivity index (χ4v) is 7.49. The van der Waals surface area contributed by atoms with Gasteiger partial charge in [-0.05, 0) is 77.0 Å². The lowest BCUT2D eigenvalue weighted by Crippen LogP contribution is -2.64. The molecule has 6 N–H and O–H groups in total. The molecule has 0 bridgehead atoms. The maximum absolute atomic E-state index is 12.8. The van der Waals surface area contributed by atoms with Crippen molar-refractivity contribution in [1.29, 1.82) is 0 Å². The summed E-state index contributed by atoms with van der Waals surface area (Å²) in [5, 5.41) is 50.1. The number of carbonyl (C=O) groups is 1. The van der Waals surface area contributed by atoms with Crippen molar-refractivity contribution in [1.82, 2.24) is 0 Å². The summed E-state index contributed by atoms with van der Waals surface area (Å²) in [7, 11) is -5.02. The van der Waals surface area contributed by atoms with E-state index in [9.17, 15) is 39.8 Å². The number of carbonyl (C=O) groups excluding carboxylic acids is 1. The zero-order valence-electron chi connectivity index (χ0n) is 36.3. The van der Waals surface area contributed by atoms with Crippen LogP contribution in [0.25, 0.3) is 0 Å². The molecule has 6 atom stereocenters. The molecule has 1 fully saturated rings. The number of aliphatic hydroxyl groups is 5. The third kappa shape index (κ3) is 29.1. The lowest BCUT2D eigenvalue weighted by molar-refractivity contribution is -0.220. The highest BCUT2D eigenvalue weighted by Crippen LogP contribution is 2.47. The van der Waals surface area contributed by atoms with Gasteiger partial charge < -0.3 is 39.9 Å². The zero-order valence-corrected chi connectivity index (χ0v) is 37.2. The van der Waals surface area contributed by atoms with Crippen molar-refractivity contribution in [3.63, 3.8) is 0 Å². The summed E-state index contributed by atoms with van der Waals surface area (Å²) in [6.45, 7) is 4.07. The van der Waals surface area contributed by atoms with Crippen LogP contribution in [0.3, 0.4) is 0 Å². The summed E-state index contributed by atoms with van der Waals surface area (Å²) in [5.74, 6) is -0.494. The molecule has 1 saturated carbocycles. The maximum Gasteiger partial charge on any atom is 0.472 e. The number of phosphoric ester groups is 1. The fraction of sp³-hybridized carbons (Fsp3) is 0.761. The molecule has 0 aromatic carbocycles. The molecule has 0 amide bonds. The third-order valence-electron chi connectivity index (χ3n) is 10.1. The molecule has 59 heavy (non-hydrogen) atoms. The molecule has 0 radical (unpaired) electrons. The van der Waals surface area contributed by atoms with Crippen molar-refractivity contribution in [2.24, 2.45) is 0 Å². The summed E-state index contributed by atoms with van der Waals surface area (Å²) >= 11 is 0. The highest BCUT2D eigenvalue weighted by molar-refractivity contribution is 7.47. The number of unbranched alkanes of at least 4 members (excludes halogenated alkanes) is 15. The SMILES string of the molecule is CC/C=C\C/C=C\C/C=C\C/C=C\CCCCCCCCCOCC(COP(=O)(O)OC1C(O)C(O)C(O)C(O)C1O)OC(=O)CCCCCCC/C=C\CCCCC. The van der Waals surface area contributed by atoms with E-state index in [0.29, 0.717) is 13.0 Å². The summed E-state index contributed by atoms with van der Waals surface area (Å²) < 4.78 is 34.1. The number of phosphoric acid groups is 1. The average molecular weight is 857 g/mol. The number of rotatable bonds is 37. The van der Waals surface area contributed by atoms with Gasteiger partial charge in [0.15, 0.2) is 0 Å². The van der Waals surface area contributed by atoms with Gasteiger partial charge in [0.2, 0.25) is 0 Å². The Morgan fingerprint density at radius 3 is 1.54 bits per heavy atom. The minimum absolute atomic E-state index is 0.0900. The first-order valence-corrected chi connectivity index (χ1v) is 24.1. The predicted molar refractivity (Wildman–Crippen MR) is 235 cm³/mol. The van der Waals surface area contributed by atoms with Crippen LogP contribution in [0.1, 0.15) is 162 Å². The van der Waals surface area contributed by atoms with Crippen molar-refractivity contribution in [3.8, 4) is 0 Å². The smallest absolute Gasteiger partial charge is 0.457 e. The highest BCUT2D eigenvalue weighted by Gasteiger charge is 2.51. The van der Waals surface area contributed by atoms with E-state index >= 15 is 0 Å². The average Bonchev–Trinajstić information content (AvgIpc) is 3.22. The molecule has 342 valence electrons. The van der Waals surface area contributed by atoms with E-state index in [2.05, 4.69) is 74.6 Å². The summed E-state index contributed by atoms with van der Waals surface area (Å²) in [6.07, 6.45) is 32.9. The summed E-state index contributed by atoms with van der Waals surface area (Å²) in [6, 6.07) is 0. The first-order valence-electron chi connectivity index (χ1n) is 22.6. The predicted octanol–water partition coefficient (Wildman–Crippen LogP) is 9.03. The third-order valence-corrected chi connectivity index (χ3v) is 11.1. The normalized spacial score (nSPS) is 23.1. The van der Waals surface area contributed by atoms with Gasteiger partial charge in [0.25, 0.3) is 0 Å². The Hall–Kier alpha value is -1.96. The molecule has 0 aromatic rings.